The summed E-state index contributed by atoms with van der Waals surface area (Å²) in [6.45, 7) is 5.52. The fourth-order valence-corrected chi connectivity index (χ4v) is 3.66. The van der Waals surface area contributed by atoms with E-state index in [1.807, 2.05) is 13.0 Å². The maximum absolute atomic E-state index is 13.5. The quantitative estimate of drug-likeness (QED) is 0.645. The second kappa shape index (κ2) is 6.89. The summed E-state index contributed by atoms with van der Waals surface area (Å²) in [6.07, 6.45) is 2.15. The lowest BCUT2D eigenvalue weighted by Crippen LogP contribution is -2.40. The zero-order valence-corrected chi connectivity index (χ0v) is 15.1. The van der Waals surface area contributed by atoms with Crippen LogP contribution in [0.5, 0.6) is 0 Å². The standard InChI is InChI=1S/C18H23FN4S/c1-12-13(2)24-16(23-12)10-21-17(20-3)22-11-18(7-8-18)14-5-4-6-15(19)9-14/h4-6,9H,7-8,10-11H2,1-3H3,(H2,20,21,22). The number of nitrogens with zero attached hydrogens (tertiary/aromatic N) is 2. The van der Waals surface area contributed by atoms with Gasteiger partial charge in [0.05, 0.1) is 12.2 Å². The van der Waals surface area contributed by atoms with Crippen LogP contribution in [0, 0.1) is 19.7 Å². The lowest BCUT2D eigenvalue weighted by molar-refractivity contribution is 0.607. The Hall–Kier alpha value is -1.95. The fraction of sp³-hybridized carbons (Fsp3) is 0.444. The number of aryl methyl sites for hydroxylation is 2. The summed E-state index contributed by atoms with van der Waals surface area (Å²) in [5.74, 6) is 0.582. The highest BCUT2D eigenvalue weighted by Gasteiger charge is 2.44. The third kappa shape index (κ3) is 3.75. The van der Waals surface area contributed by atoms with E-state index in [0.717, 1.165) is 41.6 Å². The van der Waals surface area contributed by atoms with E-state index in [-0.39, 0.29) is 11.2 Å². The van der Waals surface area contributed by atoms with Crippen molar-refractivity contribution in [2.45, 2.75) is 38.6 Å². The molecule has 2 N–H and O–H groups in total. The van der Waals surface area contributed by atoms with Crippen LogP contribution in [0.3, 0.4) is 0 Å². The lowest BCUT2D eigenvalue weighted by atomic mass is 9.96. The van der Waals surface area contributed by atoms with E-state index >= 15 is 0 Å². The first-order valence-electron chi connectivity index (χ1n) is 8.16. The number of guanidine groups is 1. The maximum Gasteiger partial charge on any atom is 0.191 e. The van der Waals surface area contributed by atoms with Crippen LogP contribution in [0.2, 0.25) is 0 Å². The van der Waals surface area contributed by atoms with Crippen LogP contribution in [0.4, 0.5) is 4.39 Å². The Labute approximate surface area is 146 Å². The zero-order chi connectivity index (χ0) is 17.2. The molecule has 1 aliphatic rings. The monoisotopic (exact) mass is 346 g/mol. The summed E-state index contributed by atoms with van der Waals surface area (Å²) in [7, 11) is 1.76. The fourth-order valence-electron chi connectivity index (χ4n) is 2.78. The third-order valence-electron chi connectivity index (χ3n) is 4.59. The average Bonchev–Trinajstić information content (AvgIpc) is 3.29. The van der Waals surface area contributed by atoms with Crippen molar-refractivity contribution < 1.29 is 4.39 Å². The topological polar surface area (TPSA) is 49.3 Å². The predicted molar refractivity (Wildman–Crippen MR) is 97.1 cm³/mol. The molecule has 1 fully saturated rings. The maximum atomic E-state index is 13.5. The van der Waals surface area contributed by atoms with Crippen LogP contribution in [-0.2, 0) is 12.0 Å². The normalized spacial score (nSPS) is 16.1. The molecule has 6 heteroatoms. The van der Waals surface area contributed by atoms with Crippen molar-refractivity contribution in [3.63, 3.8) is 0 Å². The summed E-state index contributed by atoms with van der Waals surface area (Å²) in [5.41, 5.74) is 2.19. The molecular formula is C18H23FN4S. The molecule has 1 saturated carbocycles. The summed E-state index contributed by atoms with van der Waals surface area (Å²) in [4.78, 5) is 10.0. The van der Waals surface area contributed by atoms with Crippen molar-refractivity contribution in [3.8, 4) is 0 Å². The number of aliphatic imine (C=N–C) groups is 1. The van der Waals surface area contributed by atoms with Crippen molar-refractivity contribution in [1.29, 1.82) is 0 Å². The lowest BCUT2D eigenvalue weighted by Gasteiger charge is -2.19. The molecule has 0 saturated heterocycles. The number of rotatable bonds is 5. The molecule has 0 amide bonds. The van der Waals surface area contributed by atoms with E-state index in [4.69, 9.17) is 0 Å². The van der Waals surface area contributed by atoms with E-state index in [0.29, 0.717) is 6.54 Å². The van der Waals surface area contributed by atoms with Gasteiger partial charge in [0.15, 0.2) is 5.96 Å². The molecule has 128 valence electrons. The van der Waals surface area contributed by atoms with Gasteiger partial charge in [-0.25, -0.2) is 9.37 Å². The molecule has 0 bridgehead atoms. The number of hydrogen-bond donors (Lipinski definition) is 2. The molecule has 1 aromatic carbocycles. The summed E-state index contributed by atoms with van der Waals surface area (Å²) >= 11 is 1.70. The molecule has 0 atom stereocenters. The summed E-state index contributed by atoms with van der Waals surface area (Å²) in [6, 6.07) is 6.93. The van der Waals surface area contributed by atoms with E-state index in [1.54, 1.807) is 30.5 Å². The second-order valence-corrected chi connectivity index (χ2v) is 7.61. The Bertz CT molecular complexity index is 730. The Morgan fingerprint density at radius 2 is 2.12 bits per heavy atom. The Balaban J connectivity index is 1.56. The molecule has 1 aliphatic carbocycles. The van der Waals surface area contributed by atoms with Crippen LogP contribution in [0.1, 0.15) is 34.0 Å². The molecule has 3 rings (SSSR count). The number of benzene rings is 1. The molecule has 1 aromatic heterocycles. The first kappa shape index (κ1) is 16.9. The van der Waals surface area contributed by atoms with Crippen LogP contribution in [0.15, 0.2) is 29.3 Å². The van der Waals surface area contributed by atoms with Crippen LogP contribution in [0.25, 0.3) is 0 Å². The Kier molecular flexibility index (Phi) is 4.85. The SMILES string of the molecule is CN=C(NCc1nc(C)c(C)s1)NCC1(c2cccc(F)c2)CC1. The van der Waals surface area contributed by atoms with Gasteiger partial charge in [0, 0.05) is 23.9 Å². The smallest absolute Gasteiger partial charge is 0.191 e. The number of thiazole rings is 1. The van der Waals surface area contributed by atoms with Crippen LogP contribution in [-0.4, -0.2) is 24.5 Å². The molecule has 0 unspecified atom stereocenters. The third-order valence-corrected chi connectivity index (χ3v) is 5.66. The Morgan fingerprint density at radius 1 is 1.33 bits per heavy atom. The van der Waals surface area contributed by atoms with Crippen molar-refractivity contribution in [3.05, 3.63) is 51.2 Å². The number of halogens is 1. The van der Waals surface area contributed by atoms with Crippen molar-refractivity contribution in [2.75, 3.05) is 13.6 Å². The van der Waals surface area contributed by atoms with Crippen molar-refractivity contribution in [2.24, 2.45) is 4.99 Å². The van der Waals surface area contributed by atoms with Gasteiger partial charge >= 0.3 is 0 Å². The first-order valence-corrected chi connectivity index (χ1v) is 8.97. The average molecular weight is 346 g/mol. The Morgan fingerprint density at radius 3 is 2.71 bits per heavy atom. The van der Waals surface area contributed by atoms with Gasteiger partial charge in [0.1, 0.15) is 10.8 Å². The molecule has 0 aliphatic heterocycles. The minimum atomic E-state index is -0.171. The number of nitrogens with one attached hydrogen (secondary N) is 2. The highest BCUT2D eigenvalue weighted by molar-refractivity contribution is 7.11. The van der Waals surface area contributed by atoms with Crippen molar-refractivity contribution >= 4 is 17.3 Å². The van der Waals surface area contributed by atoms with Crippen LogP contribution >= 0.6 is 11.3 Å². The molecular weight excluding hydrogens is 323 g/mol. The van der Waals surface area contributed by atoms with E-state index in [2.05, 4.69) is 27.5 Å². The van der Waals surface area contributed by atoms with Gasteiger partial charge in [-0.2, -0.15) is 0 Å². The number of hydrogen-bond acceptors (Lipinski definition) is 3. The molecule has 0 spiro atoms. The number of aromatic nitrogens is 1. The highest BCUT2D eigenvalue weighted by Crippen LogP contribution is 2.47. The van der Waals surface area contributed by atoms with Gasteiger partial charge in [-0.3, -0.25) is 4.99 Å². The van der Waals surface area contributed by atoms with E-state index in [9.17, 15) is 4.39 Å². The van der Waals surface area contributed by atoms with Gasteiger partial charge in [0.2, 0.25) is 0 Å². The second-order valence-electron chi connectivity index (χ2n) is 6.32. The van der Waals surface area contributed by atoms with Crippen LogP contribution < -0.4 is 10.6 Å². The van der Waals surface area contributed by atoms with Gasteiger partial charge in [-0.15, -0.1) is 11.3 Å². The molecule has 1 heterocycles. The largest absolute Gasteiger partial charge is 0.356 e. The zero-order valence-electron chi connectivity index (χ0n) is 14.3. The molecule has 4 nitrogen and oxygen atoms in total. The first-order chi connectivity index (χ1) is 11.5. The summed E-state index contributed by atoms with van der Waals surface area (Å²) in [5, 5.41) is 7.73. The van der Waals surface area contributed by atoms with Gasteiger partial charge < -0.3 is 10.6 Å². The predicted octanol–water partition coefficient (Wildman–Crippen LogP) is 3.30. The molecule has 0 radical (unpaired) electrons. The van der Waals surface area contributed by atoms with E-state index < -0.39 is 0 Å². The van der Waals surface area contributed by atoms with Crippen molar-refractivity contribution in [1.82, 2.24) is 15.6 Å². The van der Waals surface area contributed by atoms with Gasteiger partial charge in [-0.1, -0.05) is 12.1 Å². The summed E-state index contributed by atoms with van der Waals surface area (Å²) < 4.78 is 13.5. The minimum absolute atomic E-state index is 0.0358. The molecule has 2 aromatic rings. The van der Waals surface area contributed by atoms with Gasteiger partial charge in [0.25, 0.3) is 0 Å². The van der Waals surface area contributed by atoms with Gasteiger partial charge in [-0.05, 0) is 44.4 Å². The minimum Gasteiger partial charge on any atom is -0.356 e. The molecule has 24 heavy (non-hydrogen) atoms. The van der Waals surface area contributed by atoms with E-state index in [1.165, 1.54) is 10.9 Å². The highest BCUT2D eigenvalue weighted by atomic mass is 32.1.